The Morgan fingerprint density at radius 3 is 2.28 bits per heavy atom. The first-order chi connectivity index (χ1) is 8.68. The Balaban J connectivity index is 2.30. The largest absolute Gasteiger partial charge is 0.504 e. The first kappa shape index (κ1) is 12.1. The van der Waals surface area contributed by atoms with Crippen LogP contribution in [0.3, 0.4) is 0 Å². The summed E-state index contributed by atoms with van der Waals surface area (Å²) in [7, 11) is 0. The van der Waals surface area contributed by atoms with Crippen molar-refractivity contribution in [2.24, 2.45) is 0 Å². The van der Waals surface area contributed by atoms with E-state index in [1.54, 1.807) is 12.1 Å². The summed E-state index contributed by atoms with van der Waals surface area (Å²) in [5.74, 6) is -0.590. The molecule has 0 aliphatic rings. The van der Waals surface area contributed by atoms with Gasteiger partial charge in [0.05, 0.1) is 0 Å². The molecule has 2 nitrogen and oxygen atoms in total. The highest BCUT2D eigenvalue weighted by molar-refractivity contribution is 6.10. The molecule has 90 valence electrons. The quantitative estimate of drug-likeness (QED) is 0.502. The maximum absolute atomic E-state index is 12.1. The SMILES string of the molecule is Cc1ccccc1C(=O)C(O)=Cc1ccccc1. The van der Waals surface area contributed by atoms with Gasteiger partial charge in [0, 0.05) is 5.56 Å². The Morgan fingerprint density at radius 2 is 1.61 bits per heavy atom. The molecule has 0 heterocycles. The van der Waals surface area contributed by atoms with Crippen LogP contribution in [0.15, 0.2) is 60.4 Å². The topological polar surface area (TPSA) is 37.3 Å². The standard InChI is InChI=1S/C16H14O2/c1-12-7-5-6-10-14(12)16(18)15(17)11-13-8-3-2-4-9-13/h2-11,17H,1H3. The van der Waals surface area contributed by atoms with Crippen molar-refractivity contribution in [1.82, 2.24) is 0 Å². The molecule has 0 unspecified atom stereocenters. The fourth-order valence-corrected chi connectivity index (χ4v) is 1.74. The number of aliphatic hydroxyl groups excluding tert-OH is 1. The number of hydrogen-bond acceptors (Lipinski definition) is 2. The molecule has 0 aromatic heterocycles. The highest BCUT2D eigenvalue weighted by Crippen LogP contribution is 2.14. The molecule has 1 N–H and O–H groups in total. The molecule has 2 aromatic rings. The molecule has 0 bridgehead atoms. The van der Waals surface area contributed by atoms with Crippen molar-refractivity contribution in [3.8, 4) is 0 Å². The zero-order valence-corrected chi connectivity index (χ0v) is 10.1. The lowest BCUT2D eigenvalue weighted by Crippen LogP contribution is -2.04. The molecular weight excluding hydrogens is 224 g/mol. The van der Waals surface area contributed by atoms with Crippen LogP contribution in [-0.2, 0) is 0 Å². The van der Waals surface area contributed by atoms with Gasteiger partial charge in [-0.05, 0) is 24.1 Å². The van der Waals surface area contributed by atoms with E-state index in [1.165, 1.54) is 6.08 Å². The summed E-state index contributed by atoms with van der Waals surface area (Å²) in [4.78, 5) is 12.1. The van der Waals surface area contributed by atoms with Crippen molar-refractivity contribution in [3.05, 3.63) is 77.0 Å². The molecule has 0 amide bonds. The van der Waals surface area contributed by atoms with Gasteiger partial charge in [-0.15, -0.1) is 0 Å². The smallest absolute Gasteiger partial charge is 0.227 e. The normalized spacial score (nSPS) is 11.3. The second kappa shape index (κ2) is 5.32. The van der Waals surface area contributed by atoms with Crippen LogP contribution in [-0.4, -0.2) is 10.9 Å². The number of hydrogen-bond donors (Lipinski definition) is 1. The zero-order valence-electron chi connectivity index (χ0n) is 10.1. The number of allylic oxidation sites excluding steroid dienone is 1. The molecule has 0 aliphatic carbocycles. The molecule has 0 radical (unpaired) electrons. The van der Waals surface area contributed by atoms with Crippen LogP contribution in [0, 0.1) is 6.92 Å². The van der Waals surface area contributed by atoms with Crippen LogP contribution in [0.4, 0.5) is 0 Å². The molecule has 0 saturated heterocycles. The molecule has 0 aliphatic heterocycles. The van der Waals surface area contributed by atoms with Crippen LogP contribution in [0.1, 0.15) is 21.5 Å². The number of benzene rings is 2. The number of rotatable bonds is 3. The Labute approximate surface area is 106 Å². The maximum atomic E-state index is 12.1. The number of Topliss-reactive ketones (excluding diaryl/α,β-unsaturated/α-hetero) is 1. The van der Waals surface area contributed by atoms with Crippen molar-refractivity contribution < 1.29 is 9.90 Å². The van der Waals surface area contributed by atoms with Gasteiger partial charge in [0.1, 0.15) is 0 Å². The molecule has 2 heteroatoms. The first-order valence-electron chi connectivity index (χ1n) is 5.74. The van der Waals surface area contributed by atoms with Gasteiger partial charge < -0.3 is 5.11 Å². The van der Waals surface area contributed by atoms with Crippen molar-refractivity contribution in [1.29, 1.82) is 0 Å². The number of aryl methyl sites for hydroxylation is 1. The molecular formula is C16H14O2. The summed E-state index contributed by atoms with van der Waals surface area (Å²) < 4.78 is 0. The fourth-order valence-electron chi connectivity index (χ4n) is 1.74. The zero-order chi connectivity index (χ0) is 13.0. The van der Waals surface area contributed by atoms with Gasteiger partial charge >= 0.3 is 0 Å². The van der Waals surface area contributed by atoms with Crippen molar-refractivity contribution in [2.75, 3.05) is 0 Å². The summed E-state index contributed by atoms with van der Waals surface area (Å²) in [5, 5.41) is 9.86. The third-order valence-corrected chi connectivity index (χ3v) is 2.73. The molecule has 2 aromatic carbocycles. The van der Waals surface area contributed by atoms with Gasteiger partial charge in [-0.2, -0.15) is 0 Å². The van der Waals surface area contributed by atoms with Gasteiger partial charge in [-0.3, -0.25) is 4.79 Å². The summed E-state index contributed by atoms with van der Waals surface area (Å²) in [6.07, 6.45) is 1.48. The third-order valence-electron chi connectivity index (χ3n) is 2.73. The molecule has 0 fully saturated rings. The first-order valence-corrected chi connectivity index (χ1v) is 5.74. The number of aliphatic hydroxyl groups is 1. The predicted molar refractivity (Wildman–Crippen MR) is 72.6 cm³/mol. The van der Waals surface area contributed by atoms with E-state index >= 15 is 0 Å². The van der Waals surface area contributed by atoms with E-state index in [0.717, 1.165) is 11.1 Å². The third kappa shape index (κ3) is 2.66. The second-order valence-electron chi connectivity index (χ2n) is 4.08. The van der Waals surface area contributed by atoms with E-state index in [1.807, 2.05) is 49.4 Å². The molecule has 0 spiro atoms. The van der Waals surface area contributed by atoms with Gasteiger partial charge in [0.25, 0.3) is 0 Å². The highest BCUT2D eigenvalue weighted by Gasteiger charge is 2.12. The monoisotopic (exact) mass is 238 g/mol. The second-order valence-corrected chi connectivity index (χ2v) is 4.08. The van der Waals surface area contributed by atoms with E-state index in [2.05, 4.69) is 0 Å². The minimum Gasteiger partial charge on any atom is -0.504 e. The Kier molecular flexibility index (Phi) is 3.58. The van der Waals surface area contributed by atoms with Gasteiger partial charge in [-0.1, -0.05) is 54.6 Å². The molecule has 0 atom stereocenters. The summed E-state index contributed by atoms with van der Waals surface area (Å²) in [6, 6.07) is 16.5. The highest BCUT2D eigenvalue weighted by atomic mass is 16.3. The number of ketones is 1. The van der Waals surface area contributed by atoms with Crippen LogP contribution in [0.5, 0.6) is 0 Å². The van der Waals surface area contributed by atoms with Crippen LogP contribution in [0.2, 0.25) is 0 Å². The molecule has 18 heavy (non-hydrogen) atoms. The Hall–Kier alpha value is -2.35. The minimum atomic E-state index is -0.350. The van der Waals surface area contributed by atoms with E-state index in [-0.39, 0.29) is 11.5 Å². The fraction of sp³-hybridized carbons (Fsp3) is 0.0625. The lowest BCUT2D eigenvalue weighted by atomic mass is 10.0. The summed E-state index contributed by atoms with van der Waals surface area (Å²) in [6.45, 7) is 1.85. The van der Waals surface area contributed by atoms with Crippen molar-refractivity contribution >= 4 is 11.9 Å². The molecule has 0 saturated carbocycles. The van der Waals surface area contributed by atoms with E-state index < -0.39 is 0 Å². The lowest BCUT2D eigenvalue weighted by Gasteiger charge is -2.03. The van der Waals surface area contributed by atoms with Gasteiger partial charge in [0.15, 0.2) is 5.76 Å². The average molecular weight is 238 g/mol. The Morgan fingerprint density at radius 1 is 1.00 bits per heavy atom. The average Bonchev–Trinajstić information content (AvgIpc) is 2.39. The summed E-state index contributed by atoms with van der Waals surface area (Å²) >= 11 is 0. The van der Waals surface area contributed by atoms with Crippen molar-refractivity contribution in [2.45, 2.75) is 6.92 Å². The van der Waals surface area contributed by atoms with Crippen LogP contribution < -0.4 is 0 Å². The van der Waals surface area contributed by atoms with Gasteiger partial charge in [0.2, 0.25) is 5.78 Å². The number of carbonyl (C=O) groups excluding carboxylic acids is 1. The van der Waals surface area contributed by atoms with Gasteiger partial charge in [-0.25, -0.2) is 0 Å². The van der Waals surface area contributed by atoms with Crippen molar-refractivity contribution in [3.63, 3.8) is 0 Å². The van der Waals surface area contributed by atoms with Crippen LogP contribution >= 0.6 is 0 Å². The van der Waals surface area contributed by atoms with E-state index in [4.69, 9.17) is 0 Å². The number of carbonyl (C=O) groups is 1. The van der Waals surface area contributed by atoms with Crippen LogP contribution in [0.25, 0.3) is 6.08 Å². The minimum absolute atomic E-state index is 0.240. The van der Waals surface area contributed by atoms with E-state index in [0.29, 0.717) is 5.56 Å². The van der Waals surface area contributed by atoms with E-state index in [9.17, 15) is 9.90 Å². The summed E-state index contributed by atoms with van der Waals surface area (Å²) in [5.41, 5.74) is 2.19. The maximum Gasteiger partial charge on any atom is 0.227 e. The Bertz CT molecular complexity index is 583. The lowest BCUT2D eigenvalue weighted by molar-refractivity contribution is 0.0980. The molecule has 2 rings (SSSR count). The predicted octanol–water partition coefficient (Wildman–Crippen LogP) is 3.78.